The number of aliphatic imine (C=N–C) groups is 2. The maximum atomic E-state index is 12.9. The summed E-state index contributed by atoms with van der Waals surface area (Å²) in [5.41, 5.74) is 3.53. The van der Waals surface area contributed by atoms with Crippen molar-refractivity contribution in [3.63, 3.8) is 0 Å². The zero-order chi connectivity index (χ0) is 23.2. The van der Waals surface area contributed by atoms with Crippen molar-refractivity contribution in [3.8, 4) is 23.9 Å². The van der Waals surface area contributed by atoms with Crippen LogP contribution >= 0.6 is 0 Å². The summed E-state index contributed by atoms with van der Waals surface area (Å²) in [6.45, 7) is 1.40. The van der Waals surface area contributed by atoms with Gasteiger partial charge >= 0.3 is 0 Å². The Morgan fingerprint density at radius 2 is 1.18 bits per heavy atom. The fourth-order valence-electron chi connectivity index (χ4n) is 3.31. The third kappa shape index (κ3) is 4.63. The van der Waals surface area contributed by atoms with Crippen molar-refractivity contribution in [1.29, 1.82) is 10.5 Å². The molecule has 160 valence electrons. The molecule has 4 rings (SSSR count). The molecule has 2 aromatic carbocycles. The highest BCUT2D eigenvalue weighted by Gasteiger charge is 2.28. The number of halogens is 1. The number of ether oxygens (including phenoxy) is 2. The van der Waals surface area contributed by atoms with Gasteiger partial charge in [0.1, 0.15) is 29.6 Å². The molecule has 6 nitrogen and oxygen atoms in total. The Morgan fingerprint density at radius 3 is 1.61 bits per heavy atom. The largest absolute Gasteiger partial charge is 0.454 e. The molecule has 0 aliphatic heterocycles. The number of benzene rings is 2. The van der Waals surface area contributed by atoms with E-state index in [1.54, 1.807) is 61.0 Å². The summed E-state index contributed by atoms with van der Waals surface area (Å²) < 4.78 is 25.1. The number of nitriles is 2. The van der Waals surface area contributed by atoms with Crippen LogP contribution in [0.5, 0.6) is 11.5 Å². The first-order valence-corrected chi connectivity index (χ1v) is 9.99. The van der Waals surface area contributed by atoms with Gasteiger partial charge in [-0.2, -0.15) is 20.5 Å². The van der Waals surface area contributed by atoms with Crippen LogP contribution in [0.25, 0.3) is 0 Å². The van der Waals surface area contributed by atoms with E-state index < -0.39 is 6.67 Å². The Hall–Kier alpha value is -4.75. The smallest absolute Gasteiger partial charge is 0.206 e. The fraction of sp³-hybridized carbons (Fsp3) is 0.0769. The summed E-state index contributed by atoms with van der Waals surface area (Å²) in [5, 5.41) is 18.3. The molecule has 0 amide bonds. The van der Waals surface area contributed by atoms with Gasteiger partial charge in [0, 0.05) is 11.1 Å². The van der Waals surface area contributed by atoms with Gasteiger partial charge in [-0.05, 0) is 61.1 Å². The molecular weight excluding hydrogens is 419 g/mol. The lowest BCUT2D eigenvalue weighted by atomic mass is 9.90. The van der Waals surface area contributed by atoms with Gasteiger partial charge in [-0.25, -0.2) is 4.39 Å². The SMILES string of the molecule is Cc1ccc(OC2=C3C=CC(=NC#N)C(Oc4ccc(CF)cc4)=C3C=CC2=NC#N)cc1. The van der Waals surface area contributed by atoms with Crippen LogP contribution in [0.4, 0.5) is 4.39 Å². The second kappa shape index (κ2) is 9.59. The second-order valence-electron chi connectivity index (χ2n) is 7.14. The van der Waals surface area contributed by atoms with Crippen LogP contribution in [0.3, 0.4) is 0 Å². The van der Waals surface area contributed by atoms with Crippen molar-refractivity contribution in [2.45, 2.75) is 13.6 Å². The Balaban J connectivity index is 1.83. The fourth-order valence-corrected chi connectivity index (χ4v) is 3.31. The van der Waals surface area contributed by atoms with Gasteiger partial charge in [0.2, 0.25) is 12.4 Å². The molecule has 0 fully saturated rings. The number of hydrogen-bond acceptors (Lipinski definition) is 6. The molecule has 0 radical (unpaired) electrons. The van der Waals surface area contributed by atoms with Crippen molar-refractivity contribution in [1.82, 2.24) is 0 Å². The van der Waals surface area contributed by atoms with E-state index in [4.69, 9.17) is 20.0 Å². The third-order valence-electron chi connectivity index (χ3n) is 4.94. The number of alkyl halides is 1. The first kappa shape index (κ1) is 21.5. The van der Waals surface area contributed by atoms with Gasteiger partial charge in [0.15, 0.2) is 11.5 Å². The molecule has 0 aromatic heterocycles. The summed E-state index contributed by atoms with van der Waals surface area (Å²) >= 11 is 0. The lowest BCUT2D eigenvalue weighted by Crippen LogP contribution is -2.21. The van der Waals surface area contributed by atoms with Crippen LogP contribution in [0, 0.1) is 29.8 Å². The minimum absolute atomic E-state index is 0.325. The Morgan fingerprint density at radius 1 is 0.727 bits per heavy atom. The van der Waals surface area contributed by atoms with Crippen LogP contribution < -0.4 is 9.47 Å². The molecule has 33 heavy (non-hydrogen) atoms. The number of hydrogen-bond donors (Lipinski definition) is 0. The van der Waals surface area contributed by atoms with Crippen molar-refractivity contribution >= 4 is 11.4 Å². The molecule has 0 heterocycles. The van der Waals surface area contributed by atoms with Crippen LogP contribution in [0.1, 0.15) is 11.1 Å². The van der Waals surface area contributed by atoms with Crippen molar-refractivity contribution in [3.05, 3.63) is 107 Å². The molecular formula is C26H17FN4O2. The van der Waals surface area contributed by atoms with Crippen LogP contribution in [-0.2, 0) is 6.67 Å². The lowest BCUT2D eigenvalue weighted by molar-refractivity contribution is 0.440. The number of nitrogens with zero attached hydrogens (tertiary/aromatic N) is 4. The van der Waals surface area contributed by atoms with Crippen LogP contribution in [0.15, 0.2) is 105 Å². The van der Waals surface area contributed by atoms with Gasteiger partial charge in [-0.15, -0.1) is 0 Å². The van der Waals surface area contributed by atoms with Crippen LogP contribution in [0.2, 0.25) is 0 Å². The van der Waals surface area contributed by atoms with Crippen LogP contribution in [-0.4, -0.2) is 11.4 Å². The minimum atomic E-state index is -0.575. The first-order valence-electron chi connectivity index (χ1n) is 9.99. The van der Waals surface area contributed by atoms with E-state index in [9.17, 15) is 4.39 Å². The van der Waals surface area contributed by atoms with Gasteiger partial charge in [-0.3, -0.25) is 0 Å². The number of allylic oxidation sites excluding steroid dienone is 6. The molecule has 2 aliphatic carbocycles. The van der Waals surface area contributed by atoms with E-state index in [-0.39, 0.29) is 0 Å². The average molecular weight is 436 g/mol. The second-order valence-corrected chi connectivity index (χ2v) is 7.14. The molecule has 2 aromatic rings. The molecule has 0 saturated heterocycles. The number of fused-ring (bicyclic) bond motifs is 1. The zero-order valence-corrected chi connectivity index (χ0v) is 17.6. The Bertz CT molecular complexity index is 1350. The van der Waals surface area contributed by atoms with E-state index in [0.717, 1.165) is 5.56 Å². The average Bonchev–Trinajstić information content (AvgIpc) is 2.84. The van der Waals surface area contributed by atoms with Gasteiger partial charge in [0.25, 0.3) is 0 Å². The summed E-state index contributed by atoms with van der Waals surface area (Å²) in [5.74, 6) is 1.75. The highest BCUT2D eigenvalue weighted by molar-refractivity contribution is 6.15. The summed E-state index contributed by atoms with van der Waals surface area (Å²) in [6.07, 6.45) is 10.3. The zero-order valence-electron chi connectivity index (χ0n) is 17.6. The highest BCUT2D eigenvalue weighted by Crippen LogP contribution is 2.34. The quantitative estimate of drug-likeness (QED) is 0.586. The monoisotopic (exact) mass is 436 g/mol. The lowest BCUT2D eigenvalue weighted by Gasteiger charge is -2.24. The number of aryl methyl sites for hydroxylation is 1. The van der Waals surface area contributed by atoms with Gasteiger partial charge < -0.3 is 9.47 Å². The standard InChI is InChI=1S/C26H17FN4O2/c1-17-2-6-19(7-3-17)32-25-21-10-13-24(31-16-29)26(22(21)11-12-23(25)30-15-28)33-20-8-4-18(14-27)5-9-20/h2-13H,14H2,1H3. The summed E-state index contributed by atoms with van der Waals surface area (Å²) in [7, 11) is 0. The maximum absolute atomic E-state index is 12.9. The molecule has 0 bridgehead atoms. The molecule has 0 unspecified atom stereocenters. The van der Waals surface area contributed by atoms with E-state index >= 15 is 0 Å². The molecule has 0 atom stereocenters. The predicted octanol–water partition coefficient (Wildman–Crippen LogP) is 5.41. The summed E-state index contributed by atoms with van der Waals surface area (Å²) in [6, 6.07) is 14.0. The topological polar surface area (TPSA) is 90.8 Å². The van der Waals surface area contributed by atoms with Crippen molar-refractivity contribution in [2.75, 3.05) is 0 Å². The molecule has 2 aliphatic rings. The predicted molar refractivity (Wildman–Crippen MR) is 122 cm³/mol. The van der Waals surface area contributed by atoms with Gasteiger partial charge in [-0.1, -0.05) is 29.8 Å². The van der Waals surface area contributed by atoms with E-state index in [2.05, 4.69) is 9.98 Å². The molecule has 0 N–H and O–H groups in total. The van der Waals surface area contributed by atoms with E-state index in [0.29, 0.717) is 51.2 Å². The molecule has 0 saturated carbocycles. The minimum Gasteiger partial charge on any atom is -0.454 e. The van der Waals surface area contributed by atoms with Crippen molar-refractivity contribution in [2.24, 2.45) is 9.98 Å². The van der Waals surface area contributed by atoms with E-state index in [1.165, 1.54) is 0 Å². The third-order valence-corrected chi connectivity index (χ3v) is 4.94. The normalized spacial score (nSPS) is 17.1. The Kier molecular flexibility index (Phi) is 6.24. The van der Waals surface area contributed by atoms with Crippen molar-refractivity contribution < 1.29 is 13.9 Å². The van der Waals surface area contributed by atoms with Gasteiger partial charge in [0.05, 0.1) is 0 Å². The molecule has 0 spiro atoms. The highest BCUT2D eigenvalue weighted by atomic mass is 19.1. The molecule has 7 heteroatoms. The Labute approximate surface area is 190 Å². The maximum Gasteiger partial charge on any atom is 0.206 e. The number of rotatable bonds is 5. The van der Waals surface area contributed by atoms with E-state index in [1.807, 2.05) is 31.2 Å². The summed E-state index contributed by atoms with van der Waals surface area (Å²) in [4.78, 5) is 7.76. The first-order chi connectivity index (χ1) is 16.1.